The van der Waals surface area contributed by atoms with Crippen molar-refractivity contribution in [1.29, 1.82) is 0 Å². The Labute approximate surface area is 104 Å². The summed E-state index contributed by atoms with van der Waals surface area (Å²) in [5, 5.41) is 9.50. The van der Waals surface area contributed by atoms with Crippen LogP contribution in [0.3, 0.4) is 0 Å². The summed E-state index contributed by atoms with van der Waals surface area (Å²) in [7, 11) is 0. The van der Waals surface area contributed by atoms with Crippen LogP contribution < -0.4 is 0 Å². The molecule has 0 unspecified atom stereocenters. The highest BCUT2D eigenvalue weighted by Crippen LogP contribution is 2.26. The molecule has 1 aromatic rings. The van der Waals surface area contributed by atoms with E-state index in [9.17, 15) is 4.79 Å². The first-order valence-electron chi connectivity index (χ1n) is 4.93. The van der Waals surface area contributed by atoms with E-state index in [1.165, 1.54) is 0 Å². The maximum absolute atomic E-state index is 10.3. The highest BCUT2D eigenvalue weighted by atomic mass is 35.5. The van der Waals surface area contributed by atoms with Gasteiger partial charge < -0.3 is 5.11 Å². The average molecular weight is 259 g/mol. The minimum absolute atomic E-state index is 0.188. The normalized spacial score (nSPS) is 10.9. The zero-order valence-corrected chi connectivity index (χ0v) is 10.1. The summed E-state index contributed by atoms with van der Waals surface area (Å²) in [4.78, 5) is 10.3. The Bertz CT molecular complexity index is 400. The predicted octanol–water partition coefficient (Wildman–Crippen LogP) is 4.26. The summed E-state index contributed by atoms with van der Waals surface area (Å²) in [6.07, 6.45) is 5.29. The van der Waals surface area contributed by atoms with Crippen LogP contribution in [0.1, 0.15) is 24.8 Å². The van der Waals surface area contributed by atoms with Gasteiger partial charge >= 0.3 is 5.97 Å². The molecule has 0 bridgehead atoms. The maximum atomic E-state index is 10.3. The van der Waals surface area contributed by atoms with E-state index >= 15 is 0 Å². The van der Waals surface area contributed by atoms with Gasteiger partial charge in [0.1, 0.15) is 0 Å². The predicted molar refractivity (Wildman–Crippen MR) is 67.0 cm³/mol. The standard InChI is InChI=1S/C12H12Cl2O2/c13-10-7-4-6-9(12(10)14)5-2-1-3-8-11(15)16/h2,4-7H,1,3,8H2,(H,15,16)/b5-2+. The number of unbranched alkanes of at least 4 members (excludes halogenated alkanes) is 1. The SMILES string of the molecule is O=C(O)CCC/C=C/c1cccc(Cl)c1Cl. The van der Waals surface area contributed by atoms with Crippen molar-refractivity contribution in [2.24, 2.45) is 0 Å². The summed E-state index contributed by atoms with van der Waals surface area (Å²) in [6.45, 7) is 0. The summed E-state index contributed by atoms with van der Waals surface area (Å²) >= 11 is 11.8. The van der Waals surface area contributed by atoms with Gasteiger partial charge in [-0.3, -0.25) is 4.79 Å². The fourth-order valence-electron chi connectivity index (χ4n) is 1.23. The monoisotopic (exact) mass is 258 g/mol. The third kappa shape index (κ3) is 4.25. The molecule has 1 aromatic carbocycles. The molecule has 0 fully saturated rings. The van der Waals surface area contributed by atoms with Crippen LogP contribution in [0.25, 0.3) is 6.08 Å². The van der Waals surface area contributed by atoms with E-state index in [0.717, 1.165) is 12.0 Å². The number of halogens is 2. The summed E-state index contributed by atoms with van der Waals surface area (Å²) in [5.74, 6) is -0.769. The number of aliphatic carboxylic acids is 1. The first kappa shape index (κ1) is 13.1. The first-order chi connectivity index (χ1) is 7.61. The molecular weight excluding hydrogens is 247 g/mol. The molecule has 16 heavy (non-hydrogen) atoms. The van der Waals surface area contributed by atoms with E-state index in [1.807, 2.05) is 24.3 Å². The van der Waals surface area contributed by atoms with Gasteiger partial charge in [-0.15, -0.1) is 0 Å². The van der Waals surface area contributed by atoms with Crippen molar-refractivity contribution >= 4 is 35.2 Å². The lowest BCUT2D eigenvalue weighted by atomic mass is 10.1. The quantitative estimate of drug-likeness (QED) is 0.802. The van der Waals surface area contributed by atoms with Crippen molar-refractivity contribution in [3.8, 4) is 0 Å². The van der Waals surface area contributed by atoms with Gasteiger partial charge in [0.15, 0.2) is 0 Å². The Hall–Kier alpha value is -0.990. The van der Waals surface area contributed by atoms with E-state index in [1.54, 1.807) is 6.07 Å². The van der Waals surface area contributed by atoms with Crippen LogP contribution in [-0.2, 0) is 4.79 Å². The van der Waals surface area contributed by atoms with Crippen molar-refractivity contribution in [2.75, 3.05) is 0 Å². The largest absolute Gasteiger partial charge is 0.481 e. The van der Waals surface area contributed by atoms with E-state index in [4.69, 9.17) is 28.3 Å². The van der Waals surface area contributed by atoms with Gasteiger partial charge in [-0.25, -0.2) is 0 Å². The van der Waals surface area contributed by atoms with Gasteiger partial charge in [-0.1, -0.05) is 47.5 Å². The molecule has 0 amide bonds. The van der Waals surface area contributed by atoms with E-state index < -0.39 is 5.97 Å². The molecule has 0 aliphatic rings. The van der Waals surface area contributed by atoms with Crippen LogP contribution in [0, 0.1) is 0 Å². The number of benzene rings is 1. The summed E-state index contributed by atoms with van der Waals surface area (Å²) in [6, 6.07) is 5.42. The number of carbonyl (C=O) groups is 1. The van der Waals surface area contributed by atoms with Gasteiger partial charge in [-0.2, -0.15) is 0 Å². The third-order valence-corrected chi connectivity index (χ3v) is 2.87. The van der Waals surface area contributed by atoms with E-state index in [2.05, 4.69) is 0 Å². The molecule has 0 aromatic heterocycles. The molecule has 0 saturated heterocycles. The second kappa shape index (κ2) is 6.56. The Morgan fingerprint density at radius 3 is 2.81 bits per heavy atom. The van der Waals surface area contributed by atoms with Crippen molar-refractivity contribution in [1.82, 2.24) is 0 Å². The molecule has 0 aliphatic heterocycles. The van der Waals surface area contributed by atoms with Gasteiger partial charge in [-0.05, 0) is 24.5 Å². The first-order valence-corrected chi connectivity index (χ1v) is 5.69. The number of hydrogen-bond acceptors (Lipinski definition) is 1. The molecule has 1 N–H and O–H groups in total. The second-order valence-electron chi connectivity index (χ2n) is 3.33. The van der Waals surface area contributed by atoms with Crippen LogP contribution >= 0.6 is 23.2 Å². The molecule has 2 nitrogen and oxygen atoms in total. The third-order valence-electron chi connectivity index (χ3n) is 2.04. The smallest absolute Gasteiger partial charge is 0.303 e. The zero-order chi connectivity index (χ0) is 12.0. The maximum Gasteiger partial charge on any atom is 0.303 e. The Morgan fingerprint density at radius 2 is 2.12 bits per heavy atom. The molecular formula is C12H12Cl2O2. The van der Waals surface area contributed by atoms with E-state index in [-0.39, 0.29) is 6.42 Å². The molecule has 0 heterocycles. The topological polar surface area (TPSA) is 37.3 Å². The molecule has 1 rings (SSSR count). The van der Waals surface area contributed by atoms with Crippen LogP contribution in [-0.4, -0.2) is 11.1 Å². The zero-order valence-electron chi connectivity index (χ0n) is 8.62. The van der Waals surface area contributed by atoms with Gasteiger partial charge in [0.25, 0.3) is 0 Å². The lowest BCUT2D eigenvalue weighted by Gasteiger charge is -1.99. The van der Waals surface area contributed by atoms with Crippen LogP contribution in [0.2, 0.25) is 10.0 Å². The molecule has 0 radical (unpaired) electrons. The number of allylic oxidation sites excluding steroid dienone is 1. The number of carboxylic acids is 1. The molecule has 4 heteroatoms. The molecule has 0 aliphatic carbocycles. The minimum atomic E-state index is -0.769. The van der Waals surface area contributed by atoms with Crippen molar-refractivity contribution in [3.63, 3.8) is 0 Å². The average Bonchev–Trinajstić information content (AvgIpc) is 2.23. The Morgan fingerprint density at radius 1 is 1.38 bits per heavy atom. The van der Waals surface area contributed by atoms with Crippen molar-refractivity contribution in [3.05, 3.63) is 39.9 Å². The minimum Gasteiger partial charge on any atom is -0.481 e. The van der Waals surface area contributed by atoms with Gasteiger partial charge in [0.05, 0.1) is 10.0 Å². The number of rotatable bonds is 5. The number of carboxylic acid groups (broad SMARTS) is 1. The van der Waals surface area contributed by atoms with Gasteiger partial charge in [0, 0.05) is 6.42 Å². The summed E-state index contributed by atoms with van der Waals surface area (Å²) < 4.78 is 0. The number of hydrogen-bond donors (Lipinski definition) is 1. The Kier molecular flexibility index (Phi) is 5.36. The molecule has 0 saturated carbocycles. The highest BCUT2D eigenvalue weighted by Gasteiger charge is 2.00. The van der Waals surface area contributed by atoms with Crippen LogP contribution in [0.5, 0.6) is 0 Å². The van der Waals surface area contributed by atoms with Gasteiger partial charge in [0.2, 0.25) is 0 Å². The lowest BCUT2D eigenvalue weighted by Crippen LogP contribution is -1.92. The molecule has 86 valence electrons. The van der Waals surface area contributed by atoms with Crippen LogP contribution in [0.4, 0.5) is 0 Å². The Balaban J connectivity index is 2.50. The van der Waals surface area contributed by atoms with Crippen molar-refractivity contribution < 1.29 is 9.90 Å². The summed E-state index contributed by atoms with van der Waals surface area (Å²) in [5.41, 5.74) is 0.851. The van der Waals surface area contributed by atoms with Crippen LogP contribution in [0.15, 0.2) is 24.3 Å². The van der Waals surface area contributed by atoms with Crippen molar-refractivity contribution in [2.45, 2.75) is 19.3 Å². The molecule has 0 spiro atoms. The molecule has 0 atom stereocenters. The second-order valence-corrected chi connectivity index (χ2v) is 4.12. The fourth-order valence-corrected chi connectivity index (χ4v) is 1.60. The fraction of sp³-hybridized carbons (Fsp3) is 0.250. The highest BCUT2D eigenvalue weighted by molar-refractivity contribution is 6.42. The van der Waals surface area contributed by atoms with E-state index in [0.29, 0.717) is 16.5 Å². The lowest BCUT2D eigenvalue weighted by molar-refractivity contribution is -0.137.